The summed E-state index contributed by atoms with van der Waals surface area (Å²) in [4.78, 5) is 22.3. The first-order valence-electron chi connectivity index (χ1n) is 9.24. The fourth-order valence-electron chi connectivity index (χ4n) is 3.57. The third-order valence-electron chi connectivity index (χ3n) is 5.07. The molecule has 1 aromatic carbocycles. The first kappa shape index (κ1) is 16.8. The second-order valence-electron chi connectivity index (χ2n) is 6.85. The van der Waals surface area contributed by atoms with Crippen molar-refractivity contribution in [2.75, 3.05) is 25.0 Å². The number of H-pyrrole nitrogens is 1. The molecule has 0 aliphatic carbocycles. The fraction of sp³-hybridized carbons (Fsp3) is 0.421. The van der Waals surface area contributed by atoms with Crippen LogP contribution >= 0.6 is 0 Å². The minimum Gasteiger partial charge on any atom is -0.354 e. The van der Waals surface area contributed by atoms with Gasteiger partial charge in [-0.2, -0.15) is 10.1 Å². The van der Waals surface area contributed by atoms with Gasteiger partial charge in [0.25, 0.3) is 5.56 Å². The number of hydrogen-bond acceptors (Lipinski definition) is 5. The molecule has 0 amide bonds. The van der Waals surface area contributed by atoms with Gasteiger partial charge in [0.1, 0.15) is 5.39 Å². The normalized spacial score (nSPS) is 18.3. The Hall–Kier alpha value is -2.67. The van der Waals surface area contributed by atoms with Crippen LogP contribution in [0.25, 0.3) is 16.7 Å². The van der Waals surface area contributed by atoms with Gasteiger partial charge in [-0.25, -0.2) is 4.68 Å². The number of rotatable bonds is 5. The van der Waals surface area contributed by atoms with Crippen molar-refractivity contribution >= 4 is 17.0 Å². The molecule has 7 nitrogen and oxygen atoms in total. The lowest BCUT2D eigenvalue weighted by Gasteiger charge is -2.33. The lowest BCUT2D eigenvalue weighted by molar-refractivity contribution is 0.167. The van der Waals surface area contributed by atoms with Crippen LogP contribution in [0, 0.1) is 0 Å². The van der Waals surface area contributed by atoms with E-state index in [4.69, 9.17) is 0 Å². The van der Waals surface area contributed by atoms with E-state index in [1.165, 1.54) is 19.3 Å². The average Bonchev–Trinajstić information content (AvgIpc) is 3.09. The zero-order valence-corrected chi connectivity index (χ0v) is 15.0. The van der Waals surface area contributed by atoms with Crippen molar-refractivity contribution in [3.8, 4) is 5.69 Å². The first-order chi connectivity index (χ1) is 12.7. The summed E-state index contributed by atoms with van der Waals surface area (Å²) in [6.07, 6.45) is 5.41. The zero-order valence-electron chi connectivity index (χ0n) is 15.0. The molecule has 0 bridgehead atoms. The van der Waals surface area contributed by atoms with Gasteiger partial charge in [0, 0.05) is 19.1 Å². The standard InChI is InChI=1S/C19H24N6O/c1-14-7-5-6-11-24(14)12-10-20-19-22-17-16(18(26)23-19)13-21-25(17)15-8-3-2-4-9-15/h2-4,8-9,13-14H,5-7,10-12H2,1H3,(H2,20,22,23,26). The smallest absolute Gasteiger partial charge is 0.263 e. The Morgan fingerprint density at radius 2 is 2.12 bits per heavy atom. The van der Waals surface area contributed by atoms with Crippen molar-refractivity contribution in [1.82, 2.24) is 24.6 Å². The Morgan fingerprint density at radius 3 is 2.92 bits per heavy atom. The molecule has 7 heteroatoms. The lowest BCUT2D eigenvalue weighted by Crippen LogP contribution is -2.40. The van der Waals surface area contributed by atoms with Crippen LogP contribution < -0.4 is 10.9 Å². The van der Waals surface area contributed by atoms with Gasteiger partial charge in [0.2, 0.25) is 5.95 Å². The maximum atomic E-state index is 12.4. The first-order valence-corrected chi connectivity index (χ1v) is 9.24. The molecule has 0 spiro atoms. The van der Waals surface area contributed by atoms with E-state index in [0.717, 1.165) is 25.3 Å². The molecule has 0 radical (unpaired) electrons. The number of para-hydroxylation sites is 1. The monoisotopic (exact) mass is 352 g/mol. The van der Waals surface area contributed by atoms with E-state index >= 15 is 0 Å². The third-order valence-corrected chi connectivity index (χ3v) is 5.07. The van der Waals surface area contributed by atoms with Gasteiger partial charge < -0.3 is 5.32 Å². The van der Waals surface area contributed by atoms with Crippen molar-refractivity contribution < 1.29 is 0 Å². The van der Waals surface area contributed by atoms with Gasteiger partial charge in [0.05, 0.1) is 11.9 Å². The van der Waals surface area contributed by atoms with E-state index in [1.807, 2.05) is 30.3 Å². The number of aromatic nitrogens is 4. The van der Waals surface area contributed by atoms with E-state index in [9.17, 15) is 4.79 Å². The van der Waals surface area contributed by atoms with E-state index in [0.29, 0.717) is 23.0 Å². The molecule has 4 rings (SSSR count). The highest BCUT2D eigenvalue weighted by atomic mass is 16.1. The number of aromatic amines is 1. The van der Waals surface area contributed by atoms with Crippen molar-refractivity contribution in [2.24, 2.45) is 0 Å². The van der Waals surface area contributed by atoms with E-state index < -0.39 is 0 Å². The molecule has 2 aromatic heterocycles. The zero-order chi connectivity index (χ0) is 17.9. The molecule has 1 fully saturated rings. The Labute approximate surface area is 152 Å². The van der Waals surface area contributed by atoms with Crippen LogP contribution in [0.5, 0.6) is 0 Å². The van der Waals surface area contributed by atoms with Crippen LogP contribution in [0.3, 0.4) is 0 Å². The van der Waals surface area contributed by atoms with Gasteiger partial charge in [-0.3, -0.25) is 14.7 Å². The Kier molecular flexibility index (Phi) is 4.71. The Bertz CT molecular complexity index is 932. The molecular formula is C19H24N6O. The fourth-order valence-corrected chi connectivity index (χ4v) is 3.57. The predicted octanol–water partition coefficient (Wildman–Crippen LogP) is 2.40. The van der Waals surface area contributed by atoms with Crippen molar-refractivity contribution in [3.63, 3.8) is 0 Å². The summed E-state index contributed by atoms with van der Waals surface area (Å²) < 4.78 is 1.70. The maximum Gasteiger partial charge on any atom is 0.263 e. The molecule has 136 valence electrons. The second kappa shape index (κ2) is 7.29. The Morgan fingerprint density at radius 1 is 1.27 bits per heavy atom. The van der Waals surface area contributed by atoms with Crippen LogP contribution in [0.2, 0.25) is 0 Å². The average molecular weight is 352 g/mol. The number of likely N-dealkylation sites (tertiary alicyclic amines) is 1. The third kappa shape index (κ3) is 3.35. The summed E-state index contributed by atoms with van der Waals surface area (Å²) in [6, 6.07) is 10.3. The number of benzene rings is 1. The SMILES string of the molecule is CC1CCCCN1CCNc1nc2c(cnn2-c2ccccc2)c(=O)[nH]1. The minimum absolute atomic E-state index is 0.175. The van der Waals surface area contributed by atoms with Gasteiger partial charge in [-0.15, -0.1) is 0 Å². The van der Waals surface area contributed by atoms with Crippen molar-refractivity contribution in [1.29, 1.82) is 0 Å². The number of piperidine rings is 1. The molecular weight excluding hydrogens is 328 g/mol. The molecule has 0 saturated carbocycles. The van der Waals surface area contributed by atoms with Crippen LogP contribution in [-0.4, -0.2) is 50.3 Å². The molecule has 1 aliphatic heterocycles. The summed E-state index contributed by atoms with van der Waals surface area (Å²) in [5.41, 5.74) is 1.27. The van der Waals surface area contributed by atoms with Gasteiger partial charge in [-0.05, 0) is 38.4 Å². The highest BCUT2D eigenvalue weighted by molar-refractivity contribution is 5.76. The van der Waals surface area contributed by atoms with E-state index in [-0.39, 0.29) is 5.56 Å². The number of nitrogens with one attached hydrogen (secondary N) is 2. The summed E-state index contributed by atoms with van der Waals surface area (Å²) >= 11 is 0. The molecule has 3 heterocycles. The second-order valence-corrected chi connectivity index (χ2v) is 6.85. The quantitative estimate of drug-likeness (QED) is 0.737. The molecule has 1 aliphatic rings. The largest absolute Gasteiger partial charge is 0.354 e. The Balaban J connectivity index is 1.53. The van der Waals surface area contributed by atoms with Crippen LogP contribution in [0.4, 0.5) is 5.95 Å². The minimum atomic E-state index is -0.175. The van der Waals surface area contributed by atoms with E-state index in [1.54, 1.807) is 10.9 Å². The summed E-state index contributed by atoms with van der Waals surface area (Å²) in [5, 5.41) is 8.08. The summed E-state index contributed by atoms with van der Waals surface area (Å²) in [7, 11) is 0. The molecule has 26 heavy (non-hydrogen) atoms. The molecule has 1 unspecified atom stereocenters. The van der Waals surface area contributed by atoms with Crippen molar-refractivity contribution in [2.45, 2.75) is 32.2 Å². The molecule has 3 aromatic rings. The topological polar surface area (TPSA) is 78.8 Å². The number of anilines is 1. The van der Waals surface area contributed by atoms with Crippen LogP contribution in [0.1, 0.15) is 26.2 Å². The van der Waals surface area contributed by atoms with E-state index in [2.05, 4.69) is 32.2 Å². The van der Waals surface area contributed by atoms with Gasteiger partial charge in [-0.1, -0.05) is 24.6 Å². The maximum absolute atomic E-state index is 12.4. The summed E-state index contributed by atoms with van der Waals surface area (Å²) in [6.45, 7) is 5.12. The molecule has 2 N–H and O–H groups in total. The van der Waals surface area contributed by atoms with Crippen LogP contribution in [-0.2, 0) is 0 Å². The van der Waals surface area contributed by atoms with Crippen LogP contribution in [0.15, 0.2) is 41.3 Å². The number of nitrogens with zero attached hydrogens (tertiary/aromatic N) is 4. The predicted molar refractivity (Wildman–Crippen MR) is 103 cm³/mol. The number of fused-ring (bicyclic) bond motifs is 1. The highest BCUT2D eigenvalue weighted by Gasteiger charge is 2.17. The number of hydrogen-bond donors (Lipinski definition) is 2. The highest BCUT2D eigenvalue weighted by Crippen LogP contribution is 2.16. The lowest BCUT2D eigenvalue weighted by atomic mass is 10.0. The van der Waals surface area contributed by atoms with Gasteiger partial charge >= 0.3 is 0 Å². The molecule has 1 atom stereocenters. The molecule has 1 saturated heterocycles. The summed E-state index contributed by atoms with van der Waals surface area (Å²) in [5.74, 6) is 0.491. The van der Waals surface area contributed by atoms with Crippen molar-refractivity contribution in [3.05, 3.63) is 46.9 Å². The van der Waals surface area contributed by atoms with Gasteiger partial charge in [0.15, 0.2) is 5.65 Å².